The van der Waals surface area contributed by atoms with Crippen molar-refractivity contribution >= 4 is 85.8 Å². The second-order valence-electron chi connectivity index (χ2n) is 14.3. The van der Waals surface area contributed by atoms with Crippen LogP contribution in [-0.2, 0) is 0 Å². The second kappa shape index (κ2) is 12.2. The Kier molecular flexibility index (Phi) is 6.76. The van der Waals surface area contributed by atoms with E-state index in [1.54, 1.807) is 11.3 Å². The summed E-state index contributed by atoms with van der Waals surface area (Å²) in [7, 11) is 0. The number of para-hydroxylation sites is 1. The van der Waals surface area contributed by atoms with E-state index in [0.717, 1.165) is 55.1 Å². The molecule has 0 saturated carbocycles. The zero-order valence-corrected chi connectivity index (χ0v) is 30.7. The third-order valence-electron chi connectivity index (χ3n) is 11.1. The van der Waals surface area contributed by atoms with Gasteiger partial charge in [0.15, 0.2) is 17.5 Å². The molecule has 56 heavy (non-hydrogen) atoms. The molecule has 0 radical (unpaired) electrons. The fourth-order valence-corrected chi connectivity index (χ4v) is 9.71. The predicted molar refractivity (Wildman–Crippen MR) is 234 cm³/mol. The van der Waals surface area contributed by atoms with Gasteiger partial charge in [-0.15, -0.1) is 11.3 Å². The zero-order valence-electron chi connectivity index (χ0n) is 29.9. The molecular formula is C51H29N3OS. The molecule has 12 aromatic rings. The highest BCUT2D eigenvalue weighted by molar-refractivity contribution is 7.25. The third-order valence-corrected chi connectivity index (χ3v) is 12.3. The number of thiophene rings is 1. The topological polar surface area (TPSA) is 51.8 Å². The van der Waals surface area contributed by atoms with Crippen LogP contribution in [0, 0.1) is 0 Å². The second-order valence-corrected chi connectivity index (χ2v) is 15.4. The molecule has 0 N–H and O–H groups in total. The Hall–Kier alpha value is -7.21. The Labute approximate surface area is 325 Å². The fraction of sp³-hybridized carbons (Fsp3) is 0. The van der Waals surface area contributed by atoms with Crippen molar-refractivity contribution in [3.05, 3.63) is 176 Å². The first-order valence-corrected chi connectivity index (χ1v) is 19.6. The maximum absolute atomic E-state index is 6.22. The lowest BCUT2D eigenvalue weighted by Crippen LogP contribution is -2.01. The molecule has 0 atom stereocenters. The van der Waals surface area contributed by atoms with Crippen LogP contribution < -0.4 is 0 Å². The molecule has 12 rings (SSSR count). The van der Waals surface area contributed by atoms with Crippen molar-refractivity contribution in [2.24, 2.45) is 0 Å². The smallest absolute Gasteiger partial charge is 0.164 e. The lowest BCUT2D eigenvalue weighted by Gasteiger charge is -2.13. The molecule has 3 aromatic heterocycles. The van der Waals surface area contributed by atoms with Gasteiger partial charge in [0.2, 0.25) is 0 Å². The molecule has 0 unspecified atom stereocenters. The van der Waals surface area contributed by atoms with Gasteiger partial charge in [0, 0.05) is 47.6 Å². The van der Waals surface area contributed by atoms with Crippen LogP contribution in [0.5, 0.6) is 0 Å². The summed E-state index contributed by atoms with van der Waals surface area (Å²) < 4.78 is 8.67. The van der Waals surface area contributed by atoms with Crippen molar-refractivity contribution in [2.45, 2.75) is 0 Å². The fourth-order valence-electron chi connectivity index (χ4n) is 8.58. The van der Waals surface area contributed by atoms with E-state index in [9.17, 15) is 0 Å². The predicted octanol–water partition coefficient (Wildman–Crippen LogP) is 14.3. The summed E-state index contributed by atoms with van der Waals surface area (Å²) in [5, 5.41) is 11.8. The Morgan fingerprint density at radius 1 is 0.321 bits per heavy atom. The van der Waals surface area contributed by atoms with E-state index in [0.29, 0.717) is 17.5 Å². The van der Waals surface area contributed by atoms with Crippen LogP contribution in [0.25, 0.3) is 120 Å². The molecule has 0 fully saturated rings. The van der Waals surface area contributed by atoms with Gasteiger partial charge in [-0.25, -0.2) is 15.0 Å². The van der Waals surface area contributed by atoms with E-state index >= 15 is 0 Å². The van der Waals surface area contributed by atoms with Gasteiger partial charge in [-0.05, 0) is 67.7 Å². The quantitative estimate of drug-likeness (QED) is 0.169. The van der Waals surface area contributed by atoms with Gasteiger partial charge < -0.3 is 4.42 Å². The number of fused-ring (bicyclic) bond motifs is 11. The molecule has 0 saturated heterocycles. The van der Waals surface area contributed by atoms with Crippen molar-refractivity contribution < 1.29 is 4.42 Å². The van der Waals surface area contributed by atoms with Crippen LogP contribution in [-0.4, -0.2) is 15.0 Å². The van der Waals surface area contributed by atoms with Crippen molar-refractivity contribution in [2.75, 3.05) is 0 Å². The average molecular weight is 732 g/mol. The standard InChI is InChI=1S/C51H29N3OS/c1-2-11-34-30(10-1)22-25-32-28-29-36-37(46(32)34)15-7-16-38(36)50-52-49(53-51(54-50)41-17-9-21-45-48(41)40-13-4-6-20-44(40)56-45)33-26-23-31(24-27-33)35-14-8-19-43-47(35)39-12-3-5-18-42(39)55-43/h1-29H. The highest BCUT2D eigenvalue weighted by atomic mass is 32.1. The van der Waals surface area contributed by atoms with Gasteiger partial charge in [-0.2, -0.15) is 0 Å². The molecule has 4 nitrogen and oxygen atoms in total. The van der Waals surface area contributed by atoms with E-state index in [1.807, 2.05) is 18.2 Å². The minimum atomic E-state index is 0.628. The Balaban J connectivity index is 1.08. The van der Waals surface area contributed by atoms with Crippen LogP contribution >= 0.6 is 11.3 Å². The van der Waals surface area contributed by atoms with Crippen LogP contribution in [0.1, 0.15) is 0 Å². The Morgan fingerprint density at radius 3 is 1.84 bits per heavy atom. The first kappa shape index (κ1) is 31.2. The van der Waals surface area contributed by atoms with Crippen LogP contribution in [0.3, 0.4) is 0 Å². The average Bonchev–Trinajstić information content (AvgIpc) is 3.85. The number of benzene rings is 9. The highest BCUT2D eigenvalue weighted by Gasteiger charge is 2.19. The normalized spacial score (nSPS) is 11.9. The van der Waals surface area contributed by atoms with Gasteiger partial charge in [0.1, 0.15) is 11.2 Å². The first-order valence-electron chi connectivity index (χ1n) is 18.8. The van der Waals surface area contributed by atoms with Crippen molar-refractivity contribution in [1.29, 1.82) is 0 Å². The van der Waals surface area contributed by atoms with Gasteiger partial charge in [-0.3, -0.25) is 0 Å². The number of hydrogen-bond acceptors (Lipinski definition) is 5. The van der Waals surface area contributed by atoms with E-state index in [1.165, 1.54) is 47.1 Å². The summed E-state index contributed by atoms with van der Waals surface area (Å²) in [6.45, 7) is 0. The molecule has 0 aliphatic carbocycles. The number of nitrogens with zero attached hydrogens (tertiary/aromatic N) is 3. The molecule has 5 heteroatoms. The highest BCUT2D eigenvalue weighted by Crippen LogP contribution is 2.42. The monoisotopic (exact) mass is 731 g/mol. The summed E-state index contributed by atoms with van der Waals surface area (Å²) in [5.41, 5.74) is 6.88. The largest absolute Gasteiger partial charge is 0.456 e. The number of aromatic nitrogens is 3. The Bertz CT molecular complexity index is 3540. The summed E-state index contributed by atoms with van der Waals surface area (Å²) in [6.07, 6.45) is 0. The van der Waals surface area contributed by atoms with Gasteiger partial charge in [0.05, 0.1) is 0 Å². The first-order chi connectivity index (χ1) is 27.7. The molecule has 0 aliphatic heterocycles. The molecule has 0 amide bonds. The summed E-state index contributed by atoms with van der Waals surface area (Å²) in [6, 6.07) is 62.1. The number of hydrogen-bond donors (Lipinski definition) is 0. The van der Waals surface area contributed by atoms with Crippen LogP contribution in [0.2, 0.25) is 0 Å². The Morgan fingerprint density at radius 2 is 0.929 bits per heavy atom. The molecule has 9 aromatic carbocycles. The van der Waals surface area contributed by atoms with Crippen molar-refractivity contribution in [1.82, 2.24) is 15.0 Å². The minimum Gasteiger partial charge on any atom is -0.456 e. The number of rotatable bonds is 4. The van der Waals surface area contributed by atoms with E-state index in [4.69, 9.17) is 19.4 Å². The van der Waals surface area contributed by atoms with Gasteiger partial charge in [-0.1, -0.05) is 152 Å². The van der Waals surface area contributed by atoms with E-state index < -0.39 is 0 Å². The zero-order chi connectivity index (χ0) is 36.7. The SMILES string of the molecule is c1ccc2c(c1)ccc1ccc3c(-c4nc(-c5ccc(-c6cccc7oc8ccccc8c67)cc5)nc(-c5cccc6sc7ccccc7c56)n4)cccc3c12. The summed E-state index contributed by atoms with van der Waals surface area (Å²) in [4.78, 5) is 15.9. The minimum absolute atomic E-state index is 0.628. The van der Waals surface area contributed by atoms with Crippen molar-refractivity contribution in [3.8, 4) is 45.3 Å². The molecular weight excluding hydrogens is 703 g/mol. The number of furan rings is 1. The van der Waals surface area contributed by atoms with Crippen molar-refractivity contribution in [3.63, 3.8) is 0 Å². The van der Waals surface area contributed by atoms with Gasteiger partial charge in [0.25, 0.3) is 0 Å². The molecule has 260 valence electrons. The summed E-state index contributed by atoms with van der Waals surface area (Å²) >= 11 is 1.80. The van der Waals surface area contributed by atoms with Crippen LogP contribution in [0.4, 0.5) is 0 Å². The van der Waals surface area contributed by atoms with E-state index in [2.05, 4.69) is 158 Å². The van der Waals surface area contributed by atoms with Crippen LogP contribution in [0.15, 0.2) is 180 Å². The summed E-state index contributed by atoms with van der Waals surface area (Å²) in [5.74, 6) is 1.93. The molecule has 3 heterocycles. The molecule has 0 bridgehead atoms. The lowest BCUT2D eigenvalue weighted by molar-refractivity contribution is 0.669. The third kappa shape index (κ3) is 4.75. The molecule has 0 spiro atoms. The maximum Gasteiger partial charge on any atom is 0.164 e. The maximum atomic E-state index is 6.22. The molecule has 0 aliphatic rings. The lowest BCUT2D eigenvalue weighted by atomic mass is 9.94. The van der Waals surface area contributed by atoms with E-state index in [-0.39, 0.29) is 0 Å². The van der Waals surface area contributed by atoms with Gasteiger partial charge >= 0.3 is 0 Å².